The molecule has 0 saturated carbocycles. The predicted molar refractivity (Wildman–Crippen MR) is 76.7 cm³/mol. The number of carbonyl (C=O) groups is 2. The van der Waals surface area contributed by atoms with Crippen molar-refractivity contribution in [3.05, 3.63) is 0 Å². The third kappa shape index (κ3) is 10.8. The van der Waals surface area contributed by atoms with Crippen molar-refractivity contribution in [1.29, 1.82) is 0 Å². The molecule has 0 aliphatic rings. The second kappa shape index (κ2) is 13.6. The van der Waals surface area contributed by atoms with Gasteiger partial charge >= 0.3 is 0 Å². The minimum atomic E-state index is -0.171. The summed E-state index contributed by atoms with van der Waals surface area (Å²) in [6.45, 7) is 1.76. The summed E-state index contributed by atoms with van der Waals surface area (Å²) in [5.41, 5.74) is 10.8. The molecule has 6 N–H and O–H groups in total. The van der Waals surface area contributed by atoms with Gasteiger partial charge in [-0.1, -0.05) is 12.8 Å². The molecule has 0 aliphatic heterocycles. The largest absolute Gasteiger partial charge is 0.330 e. The first-order valence-corrected chi connectivity index (χ1v) is 7.06. The highest BCUT2D eigenvalue weighted by Gasteiger charge is 2.08. The molecule has 0 aromatic carbocycles. The van der Waals surface area contributed by atoms with E-state index in [9.17, 15) is 9.59 Å². The van der Waals surface area contributed by atoms with Gasteiger partial charge in [0.2, 0.25) is 0 Å². The van der Waals surface area contributed by atoms with E-state index in [1.54, 1.807) is 0 Å². The van der Waals surface area contributed by atoms with Crippen molar-refractivity contribution >= 4 is 12.6 Å². The van der Waals surface area contributed by atoms with Crippen molar-refractivity contribution in [2.45, 2.75) is 50.6 Å². The molecular formula is C13H28N4O2. The highest BCUT2D eigenvalue weighted by Crippen LogP contribution is 1.99. The number of nitrogens with one attached hydrogen (secondary N) is 2. The molecule has 2 atom stereocenters. The lowest BCUT2D eigenvalue weighted by Gasteiger charge is -2.16. The van der Waals surface area contributed by atoms with Crippen molar-refractivity contribution in [1.82, 2.24) is 10.6 Å². The van der Waals surface area contributed by atoms with Crippen LogP contribution in [0.2, 0.25) is 0 Å². The maximum Gasteiger partial charge on any atom is 0.136 e. The quantitative estimate of drug-likeness (QED) is 0.193. The molecule has 0 saturated heterocycles. The first-order valence-electron chi connectivity index (χ1n) is 7.06. The van der Waals surface area contributed by atoms with Gasteiger partial charge in [-0.25, -0.2) is 0 Å². The lowest BCUT2D eigenvalue weighted by molar-refractivity contribution is -0.109. The second-order valence-electron chi connectivity index (χ2n) is 4.64. The number of unbranched alkanes of at least 4 members (excludes halogenated alkanes) is 2. The van der Waals surface area contributed by atoms with Gasteiger partial charge in [0.25, 0.3) is 0 Å². The van der Waals surface area contributed by atoms with Gasteiger partial charge in [-0.15, -0.1) is 0 Å². The molecule has 0 fully saturated rings. The van der Waals surface area contributed by atoms with Crippen molar-refractivity contribution in [2.24, 2.45) is 11.5 Å². The number of hydrogen-bond donors (Lipinski definition) is 4. The molecule has 0 rings (SSSR count). The van der Waals surface area contributed by atoms with Crippen LogP contribution in [-0.4, -0.2) is 44.4 Å². The van der Waals surface area contributed by atoms with Gasteiger partial charge in [0.05, 0.1) is 12.1 Å². The third-order valence-electron chi connectivity index (χ3n) is 3.00. The van der Waals surface area contributed by atoms with E-state index < -0.39 is 0 Å². The van der Waals surface area contributed by atoms with E-state index in [2.05, 4.69) is 10.6 Å². The average Bonchev–Trinajstić information content (AvgIpc) is 2.44. The maximum atomic E-state index is 10.9. The van der Waals surface area contributed by atoms with E-state index in [0.29, 0.717) is 19.8 Å². The second-order valence-corrected chi connectivity index (χ2v) is 4.64. The van der Waals surface area contributed by atoms with Crippen molar-refractivity contribution in [3.63, 3.8) is 0 Å². The van der Waals surface area contributed by atoms with E-state index in [1.165, 1.54) is 0 Å². The Kier molecular flexibility index (Phi) is 13.0. The van der Waals surface area contributed by atoms with E-state index in [0.717, 1.165) is 51.1 Å². The highest BCUT2D eigenvalue weighted by atomic mass is 16.1. The maximum absolute atomic E-state index is 10.9. The summed E-state index contributed by atoms with van der Waals surface area (Å²) in [4.78, 5) is 21.7. The molecule has 0 heterocycles. The Balaban J connectivity index is 3.70. The molecule has 0 aliphatic carbocycles. The van der Waals surface area contributed by atoms with Crippen molar-refractivity contribution in [3.8, 4) is 0 Å². The Morgan fingerprint density at radius 3 is 1.53 bits per heavy atom. The zero-order chi connectivity index (χ0) is 14.3. The zero-order valence-electron chi connectivity index (χ0n) is 11.6. The lowest BCUT2D eigenvalue weighted by atomic mass is 10.1. The fraction of sp³-hybridized carbons (Fsp3) is 0.846. The molecular weight excluding hydrogens is 244 g/mol. The van der Waals surface area contributed by atoms with Crippen LogP contribution < -0.4 is 22.1 Å². The van der Waals surface area contributed by atoms with Crippen LogP contribution in [0.4, 0.5) is 0 Å². The fourth-order valence-corrected chi connectivity index (χ4v) is 1.77. The molecule has 112 valence electrons. The van der Waals surface area contributed by atoms with Crippen LogP contribution in [0.15, 0.2) is 0 Å². The van der Waals surface area contributed by atoms with Gasteiger partial charge in [0.1, 0.15) is 12.6 Å². The third-order valence-corrected chi connectivity index (χ3v) is 3.00. The van der Waals surface area contributed by atoms with Crippen molar-refractivity contribution in [2.75, 3.05) is 19.8 Å². The number of aldehydes is 2. The van der Waals surface area contributed by atoms with Crippen LogP contribution >= 0.6 is 0 Å². The number of nitrogens with two attached hydrogens (primary N) is 2. The minimum Gasteiger partial charge on any atom is -0.330 e. The van der Waals surface area contributed by atoms with Gasteiger partial charge in [0, 0.05) is 6.67 Å². The Hall–Kier alpha value is -0.820. The van der Waals surface area contributed by atoms with Gasteiger partial charge in [-0.05, 0) is 38.8 Å². The summed E-state index contributed by atoms with van der Waals surface area (Å²) < 4.78 is 0. The highest BCUT2D eigenvalue weighted by molar-refractivity contribution is 5.58. The Labute approximate surface area is 115 Å². The van der Waals surface area contributed by atoms with Gasteiger partial charge in [0.15, 0.2) is 0 Å². The number of hydrogen-bond acceptors (Lipinski definition) is 6. The number of carbonyl (C=O) groups excluding carboxylic acids is 2. The predicted octanol–water partition coefficient (Wildman–Crippen LogP) is -0.484. The van der Waals surface area contributed by atoms with Crippen LogP contribution in [-0.2, 0) is 9.59 Å². The van der Waals surface area contributed by atoms with Crippen LogP contribution in [0.5, 0.6) is 0 Å². The standard InChI is InChI=1S/C13H28N4O2/c14-7-3-1-5-12(9-18)16-11-17-13(10-19)6-2-4-8-15/h9-10,12-13,16-17H,1-8,11,14-15H2. The smallest absolute Gasteiger partial charge is 0.136 e. The average molecular weight is 272 g/mol. The van der Waals surface area contributed by atoms with Crippen LogP contribution in [0.1, 0.15) is 38.5 Å². The molecule has 2 unspecified atom stereocenters. The Morgan fingerprint density at radius 1 is 0.789 bits per heavy atom. The first kappa shape index (κ1) is 18.2. The molecule has 0 amide bonds. The summed E-state index contributed by atoms with van der Waals surface area (Å²) >= 11 is 0. The summed E-state index contributed by atoms with van der Waals surface area (Å²) in [6, 6.07) is -0.342. The summed E-state index contributed by atoms with van der Waals surface area (Å²) in [5, 5.41) is 6.16. The molecule has 0 aromatic rings. The number of rotatable bonds is 14. The lowest BCUT2D eigenvalue weighted by Crippen LogP contribution is -2.43. The molecule has 0 bridgehead atoms. The molecule has 6 nitrogen and oxygen atoms in total. The fourth-order valence-electron chi connectivity index (χ4n) is 1.77. The minimum absolute atomic E-state index is 0.171. The molecule has 6 heteroatoms. The normalized spacial score (nSPS) is 14.0. The molecule has 0 spiro atoms. The van der Waals surface area contributed by atoms with E-state index in [1.807, 2.05) is 0 Å². The van der Waals surface area contributed by atoms with Crippen LogP contribution in [0.25, 0.3) is 0 Å². The van der Waals surface area contributed by atoms with Gasteiger partial charge in [-0.2, -0.15) is 0 Å². The SMILES string of the molecule is NCCCCC(C=O)NCNC(C=O)CCCCN. The van der Waals surface area contributed by atoms with Gasteiger partial charge in [-0.3, -0.25) is 10.6 Å². The van der Waals surface area contributed by atoms with Crippen LogP contribution in [0.3, 0.4) is 0 Å². The van der Waals surface area contributed by atoms with E-state index >= 15 is 0 Å². The molecule has 0 radical (unpaired) electrons. The summed E-state index contributed by atoms with van der Waals surface area (Å²) in [6.07, 6.45) is 7.08. The first-order chi connectivity index (χ1) is 9.28. The summed E-state index contributed by atoms with van der Waals surface area (Å²) in [5.74, 6) is 0. The van der Waals surface area contributed by atoms with Gasteiger partial charge < -0.3 is 21.1 Å². The Bertz CT molecular complexity index is 205. The molecule has 19 heavy (non-hydrogen) atoms. The zero-order valence-corrected chi connectivity index (χ0v) is 11.6. The Morgan fingerprint density at radius 2 is 1.21 bits per heavy atom. The van der Waals surface area contributed by atoms with E-state index in [4.69, 9.17) is 11.5 Å². The van der Waals surface area contributed by atoms with Crippen LogP contribution in [0, 0.1) is 0 Å². The van der Waals surface area contributed by atoms with Crippen molar-refractivity contribution < 1.29 is 9.59 Å². The topological polar surface area (TPSA) is 110 Å². The summed E-state index contributed by atoms with van der Waals surface area (Å²) in [7, 11) is 0. The monoisotopic (exact) mass is 272 g/mol. The van der Waals surface area contributed by atoms with E-state index in [-0.39, 0.29) is 12.1 Å². The molecule has 0 aromatic heterocycles.